The molecule has 0 radical (unpaired) electrons. The number of pyridine rings is 1. The maximum Gasteiger partial charge on any atom is 0.254 e. The average Bonchev–Trinajstić information content (AvgIpc) is 3.24. The summed E-state index contributed by atoms with van der Waals surface area (Å²) in [5, 5.41) is 2.95. The van der Waals surface area contributed by atoms with Crippen molar-refractivity contribution in [2.75, 3.05) is 13.7 Å². The molecule has 0 saturated heterocycles. The van der Waals surface area contributed by atoms with Crippen molar-refractivity contribution in [3.63, 3.8) is 0 Å². The van der Waals surface area contributed by atoms with Crippen molar-refractivity contribution in [2.45, 2.75) is 26.9 Å². The fourth-order valence-corrected chi connectivity index (χ4v) is 4.62. The zero-order chi connectivity index (χ0) is 23.7. The number of allylic oxidation sites excluding steroid dienone is 1. The second-order valence-corrected chi connectivity index (χ2v) is 9.20. The molecule has 7 heteroatoms. The maximum absolute atomic E-state index is 13.3. The Bertz CT molecular complexity index is 1290. The number of carbonyl (C=O) groups excluding carboxylic acids is 2. The van der Waals surface area contributed by atoms with Crippen LogP contribution < -0.4 is 5.32 Å². The SMILES string of the molecule is COC(c1ccc(Br)cc1)c1c(C)c(C(=O)NCC2C(=O)N=C(C)C=C2C)cc2cccn12. The Morgan fingerprint density at radius 2 is 1.94 bits per heavy atom. The molecule has 3 heterocycles. The molecule has 0 aliphatic carbocycles. The summed E-state index contributed by atoms with van der Waals surface area (Å²) < 4.78 is 8.95. The number of benzene rings is 1. The molecule has 1 aliphatic rings. The molecule has 2 aromatic heterocycles. The van der Waals surface area contributed by atoms with Crippen molar-refractivity contribution >= 4 is 39.0 Å². The van der Waals surface area contributed by atoms with E-state index in [-0.39, 0.29) is 24.5 Å². The van der Waals surface area contributed by atoms with Gasteiger partial charge in [-0.15, -0.1) is 0 Å². The van der Waals surface area contributed by atoms with Gasteiger partial charge in [0.25, 0.3) is 11.8 Å². The molecule has 4 rings (SSSR count). The second-order valence-electron chi connectivity index (χ2n) is 8.28. The number of carbonyl (C=O) groups is 2. The second kappa shape index (κ2) is 9.45. The lowest BCUT2D eigenvalue weighted by atomic mass is 9.95. The summed E-state index contributed by atoms with van der Waals surface area (Å²) in [6.07, 6.45) is 3.50. The van der Waals surface area contributed by atoms with Crippen LogP contribution in [0.4, 0.5) is 0 Å². The summed E-state index contributed by atoms with van der Waals surface area (Å²) in [5.41, 5.74) is 5.74. The Morgan fingerprint density at radius 3 is 2.61 bits per heavy atom. The number of ether oxygens (including phenoxy) is 1. The molecular formula is C26H26BrN3O3. The molecule has 1 aromatic carbocycles. The Morgan fingerprint density at radius 1 is 1.21 bits per heavy atom. The predicted molar refractivity (Wildman–Crippen MR) is 133 cm³/mol. The van der Waals surface area contributed by atoms with E-state index in [2.05, 4.69) is 30.6 Å². The van der Waals surface area contributed by atoms with Crippen LogP contribution in [0.5, 0.6) is 0 Å². The van der Waals surface area contributed by atoms with E-state index in [9.17, 15) is 9.59 Å². The highest BCUT2D eigenvalue weighted by molar-refractivity contribution is 9.10. The third kappa shape index (κ3) is 4.56. The standard InChI is InChI=1S/C26H26BrN3O3/c1-15-12-16(2)29-26(32)22(15)14-28-25(31)21-13-20-6-5-11-30(20)23(17(21)3)24(33-4)18-7-9-19(27)10-8-18/h5-13,22,24H,14H2,1-4H3,(H,28,31). The quantitative estimate of drug-likeness (QED) is 0.507. The molecule has 170 valence electrons. The number of hydrogen-bond donors (Lipinski definition) is 1. The third-order valence-corrected chi connectivity index (χ3v) is 6.59. The Balaban J connectivity index is 1.68. The van der Waals surface area contributed by atoms with E-state index >= 15 is 0 Å². The number of aliphatic imine (C=N–C) groups is 1. The summed E-state index contributed by atoms with van der Waals surface area (Å²) in [6.45, 7) is 5.83. The normalized spacial score (nSPS) is 17.0. The summed E-state index contributed by atoms with van der Waals surface area (Å²) in [4.78, 5) is 29.6. The van der Waals surface area contributed by atoms with Gasteiger partial charge >= 0.3 is 0 Å². The van der Waals surface area contributed by atoms with E-state index in [1.165, 1.54) is 0 Å². The van der Waals surface area contributed by atoms with E-state index < -0.39 is 5.92 Å². The lowest BCUT2D eigenvalue weighted by Gasteiger charge is -2.23. The first-order chi connectivity index (χ1) is 15.8. The molecule has 2 amide bonds. The van der Waals surface area contributed by atoms with Gasteiger partial charge in [-0.05, 0) is 68.3 Å². The summed E-state index contributed by atoms with van der Waals surface area (Å²) in [7, 11) is 1.67. The lowest BCUT2D eigenvalue weighted by molar-refractivity contribution is -0.120. The number of methoxy groups -OCH3 is 1. The monoisotopic (exact) mass is 507 g/mol. The maximum atomic E-state index is 13.3. The van der Waals surface area contributed by atoms with Crippen molar-refractivity contribution in [3.05, 3.63) is 87.2 Å². The van der Waals surface area contributed by atoms with E-state index in [0.717, 1.165) is 32.4 Å². The van der Waals surface area contributed by atoms with Crippen LogP contribution in [0, 0.1) is 12.8 Å². The van der Waals surface area contributed by atoms with Gasteiger partial charge in [-0.2, -0.15) is 0 Å². The van der Waals surface area contributed by atoms with Gasteiger partial charge in [-0.25, -0.2) is 4.99 Å². The highest BCUT2D eigenvalue weighted by Crippen LogP contribution is 2.32. The molecule has 0 bridgehead atoms. The number of hydrogen-bond acceptors (Lipinski definition) is 3. The molecule has 6 nitrogen and oxygen atoms in total. The van der Waals surface area contributed by atoms with Crippen molar-refractivity contribution in [3.8, 4) is 0 Å². The fraction of sp³-hybridized carbons (Fsp3) is 0.269. The molecule has 33 heavy (non-hydrogen) atoms. The molecule has 0 saturated carbocycles. The zero-order valence-corrected chi connectivity index (χ0v) is 20.6. The van der Waals surface area contributed by atoms with Crippen LogP contribution in [0.25, 0.3) is 5.52 Å². The highest BCUT2D eigenvalue weighted by atomic mass is 79.9. The molecular weight excluding hydrogens is 482 g/mol. The zero-order valence-electron chi connectivity index (χ0n) is 19.1. The lowest BCUT2D eigenvalue weighted by Crippen LogP contribution is -2.35. The van der Waals surface area contributed by atoms with E-state index in [0.29, 0.717) is 11.3 Å². The Labute approximate surface area is 201 Å². The van der Waals surface area contributed by atoms with Crippen LogP contribution in [-0.4, -0.2) is 35.6 Å². The number of rotatable bonds is 6. The first-order valence-electron chi connectivity index (χ1n) is 10.7. The van der Waals surface area contributed by atoms with Crippen molar-refractivity contribution in [1.29, 1.82) is 0 Å². The first-order valence-corrected chi connectivity index (χ1v) is 11.5. The molecule has 2 atom stereocenters. The largest absolute Gasteiger partial charge is 0.370 e. The number of amides is 2. The third-order valence-electron chi connectivity index (χ3n) is 6.06. The van der Waals surface area contributed by atoms with Crippen LogP contribution in [0.1, 0.15) is 47.1 Å². The van der Waals surface area contributed by atoms with Gasteiger partial charge in [-0.3, -0.25) is 9.59 Å². The molecule has 1 aliphatic heterocycles. The van der Waals surface area contributed by atoms with Gasteiger partial charge in [0, 0.05) is 41.1 Å². The van der Waals surface area contributed by atoms with Crippen molar-refractivity contribution in [1.82, 2.24) is 9.72 Å². The number of nitrogens with zero attached hydrogens (tertiary/aromatic N) is 2. The van der Waals surface area contributed by atoms with Gasteiger partial charge in [0.05, 0.1) is 11.6 Å². The summed E-state index contributed by atoms with van der Waals surface area (Å²) >= 11 is 3.48. The van der Waals surface area contributed by atoms with Crippen LogP contribution in [-0.2, 0) is 9.53 Å². The number of aromatic nitrogens is 1. The molecule has 1 N–H and O–H groups in total. The van der Waals surface area contributed by atoms with Gasteiger partial charge in [0.2, 0.25) is 0 Å². The highest BCUT2D eigenvalue weighted by Gasteiger charge is 2.26. The van der Waals surface area contributed by atoms with Crippen LogP contribution in [0.15, 0.2) is 69.8 Å². The van der Waals surface area contributed by atoms with Crippen LogP contribution >= 0.6 is 15.9 Å². The number of halogens is 1. The smallest absolute Gasteiger partial charge is 0.254 e. The predicted octanol–water partition coefficient (Wildman–Crippen LogP) is 5.04. The van der Waals surface area contributed by atoms with E-state index in [1.807, 2.05) is 68.6 Å². The van der Waals surface area contributed by atoms with Crippen molar-refractivity contribution in [2.24, 2.45) is 10.9 Å². The molecule has 2 unspecified atom stereocenters. The van der Waals surface area contributed by atoms with Gasteiger partial charge in [0.1, 0.15) is 6.10 Å². The van der Waals surface area contributed by atoms with Crippen molar-refractivity contribution < 1.29 is 14.3 Å². The van der Waals surface area contributed by atoms with Crippen LogP contribution in [0.2, 0.25) is 0 Å². The van der Waals surface area contributed by atoms with Gasteiger partial charge < -0.3 is 14.5 Å². The minimum absolute atomic E-state index is 0.207. The molecule has 3 aromatic rings. The average molecular weight is 508 g/mol. The summed E-state index contributed by atoms with van der Waals surface area (Å²) in [6, 6.07) is 13.7. The Kier molecular flexibility index (Phi) is 6.63. The topological polar surface area (TPSA) is 72.2 Å². The Hall–Kier alpha value is -3.03. The van der Waals surface area contributed by atoms with Gasteiger partial charge in [0.15, 0.2) is 0 Å². The number of dihydropyridines is 1. The minimum atomic E-state index is -0.441. The van der Waals surface area contributed by atoms with Gasteiger partial charge in [-0.1, -0.05) is 33.6 Å². The first kappa shape index (κ1) is 23.1. The molecule has 0 spiro atoms. The van der Waals surface area contributed by atoms with E-state index in [1.54, 1.807) is 14.0 Å². The number of fused-ring (bicyclic) bond motifs is 1. The molecule has 0 fully saturated rings. The number of nitrogens with one attached hydrogen (secondary N) is 1. The minimum Gasteiger partial charge on any atom is -0.370 e. The fourth-order valence-electron chi connectivity index (χ4n) is 4.35. The van der Waals surface area contributed by atoms with E-state index in [4.69, 9.17) is 4.74 Å². The van der Waals surface area contributed by atoms with Crippen LogP contribution in [0.3, 0.4) is 0 Å². The summed E-state index contributed by atoms with van der Waals surface area (Å²) in [5.74, 6) is -0.888.